The van der Waals surface area contributed by atoms with Crippen LogP contribution in [-0.4, -0.2) is 82.8 Å². The number of carbonyl (C=O) groups is 3. The summed E-state index contributed by atoms with van der Waals surface area (Å²) < 4.78 is 12.0. The number of rotatable bonds is 15. The van der Waals surface area contributed by atoms with Crippen LogP contribution in [0.3, 0.4) is 0 Å². The van der Waals surface area contributed by atoms with Crippen molar-refractivity contribution in [3.63, 3.8) is 0 Å². The van der Waals surface area contributed by atoms with Crippen LogP contribution >= 0.6 is 0 Å². The topological polar surface area (TPSA) is 96.4 Å². The highest BCUT2D eigenvalue weighted by Crippen LogP contribution is 2.59. The molecule has 3 saturated heterocycles. The monoisotopic (exact) mass is 504 g/mol. The third-order valence-corrected chi connectivity index (χ3v) is 8.33. The lowest BCUT2D eigenvalue weighted by atomic mass is 9.70. The van der Waals surface area contributed by atoms with Gasteiger partial charge in [-0.2, -0.15) is 0 Å². The number of hydrogen-bond acceptors (Lipinski definition) is 6. The average molecular weight is 505 g/mol. The number of esters is 1. The number of aliphatic hydroxyl groups excluding tert-OH is 1. The van der Waals surface area contributed by atoms with Crippen molar-refractivity contribution in [3.05, 3.63) is 25.3 Å². The van der Waals surface area contributed by atoms with Crippen molar-refractivity contribution in [1.29, 1.82) is 0 Å². The van der Waals surface area contributed by atoms with Crippen molar-refractivity contribution in [2.75, 3.05) is 26.3 Å². The summed E-state index contributed by atoms with van der Waals surface area (Å²) in [6.07, 6.45) is 8.03. The van der Waals surface area contributed by atoms with E-state index in [1.54, 1.807) is 22.0 Å². The Balaban J connectivity index is 2.01. The highest BCUT2D eigenvalue weighted by Gasteiger charge is 2.75. The smallest absolute Gasteiger partial charge is 0.312 e. The van der Waals surface area contributed by atoms with Gasteiger partial charge in [-0.15, -0.1) is 13.2 Å². The fraction of sp³-hybridized carbons (Fsp3) is 0.750. The SMILES string of the molecule is C=CCCCOC(=O)[C@@H]1[C@H]2C(=O)N([C@@H](CO)[C@@H](C)CC)C(C(=O)N(CC=C)CCCC)C23CC[C@H]1O3. The van der Waals surface area contributed by atoms with Gasteiger partial charge in [0.2, 0.25) is 11.8 Å². The van der Waals surface area contributed by atoms with Gasteiger partial charge in [0.1, 0.15) is 11.6 Å². The lowest BCUT2D eigenvalue weighted by molar-refractivity contribution is -0.157. The molecule has 202 valence electrons. The maximum absolute atomic E-state index is 14.2. The molecule has 0 aliphatic carbocycles. The Morgan fingerprint density at radius 2 is 2.06 bits per heavy atom. The molecule has 36 heavy (non-hydrogen) atoms. The molecule has 3 aliphatic heterocycles. The quantitative estimate of drug-likeness (QED) is 0.209. The summed E-state index contributed by atoms with van der Waals surface area (Å²) in [6.45, 7) is 14.5. The lowest BCUT2D eigenvalue weighted by Gasteiger charge is -2.41. The first-order valence-electron chi connectivity index (χ1n) is 13.6. The van der Waals surface area contributed by atoms with E-state index in [9.17, 15) is 19.5 Å². The minimum absolute atomic E-state index is 0.0329. The molecule has 0 radical (unpaired) electrons. The van der Waals surface area contributed by atoms with E-state index in [-0.39, 0.29) is 30.9 Å². The van der Waals surface area contributed by atoms with Crippen LogP contribution in [0.4, 0.5) is 0 Å². The summed E-state index contributed by atoms with van der Waals surface area (Å²) in [5, 5.41) is 10.4. The summed E-state index contributed by atoms with van der Waals surface area (Å²) in [5.74, 6) is -2.47. The third-order valence-electron chi connectivity index (χ3n) is 8.33. The van der Waals surface area contributed by atoms with Crippen LogP contribution in [0.5, 0.6) is 0 Å². The Bertz CT molecular complexity index is 831. The van der Waals surface area contributed by atoms with Crippen LogP contribution in [-0.2, 0) is 23.9 Å². The van der Waals surface area contributed by atoms with Crippen LogP contribution in [0.15, 0.2) is 25.3 Å². The van der Waals surface area contributed by atoms with Gasteiger partial charge in [-0.1, -0.05) is 45.8 Å². The summed E-state index contributed by atoms with van der Waals surface area (Å²) >= 11 is 0. The van der Waals surface area contributed by atoms with E-state index in [0.717, 1.165) is 25.7 Å². The molecule has 7 atom stereocenters. The van der Waals surface area contributed by atoms with Gasteiger partial charge in [0.15, 0.2) is 0 Å². The summed E-state index contributed by atoms with van der Waals surface area (Å²) in [7, 11) is 0. The largest absolute Gasteiger partial charge is 0.465 e. The molecule has 2 amide bonds. The molecule has 0 saturated carbocycles. The van der Waals surface area contributed by atoms with Crippen molar-refractivity contribution >= 4 is 17.8 Å². The Morgan fingerprint density at radius 3 is 2.67 bits per heavy atom. The zero-order chi connectivity index (χ0) is 26.5. The number of carbonyl (C=O) groups excluding carboxylic acids is 3. The van der Waals surface area contributed by atoms with E-state index in [1.165, 1.54) is 0 Å². The molecule has 3 rings (SSSR count). The molecule has 2 unspecified atom stereocenters. The second kappa shape index (κ2) is 12.4. The molecular weight excluding hydrogens is 460 g/mol. The number of fused-ring (bicyclic) bond motifs is 1. The van der Waals surface area contributed by atoms with Crippen molar-refractivity contribution in [2.45, 2.75) is 89.5 Å². The van der Waals surface area contributed by atoms with Gasteiger partial charge in [0, 0.05) is 13.1 Å². The molecule has 1 spiro atoms. The van der Waals surface area contributed by atoms with Gasteiger partial charge in [0.25, 0.3) is 0 Å². The Labute approximate surface area is 215 Å². The van der Waals surface area contributed by atoms with Crippen molar-refractivity contribution in [2.24, 2.45) is 17.8 Å². The molecular formula is C28H44N2O6. The molecule has 3 heterocycles. The first-order valence-corrected chi connectivity index (χ1v) is 13.6. The lowest BCUT2D eigenvalue weighted by Crippen LogP contribution is -2.59. The minimum Gasteiger partial charge on any atom is -0.465 e. The van der Waals surface area contributed by atoms with E-state index in [4.69, 9.17) is 9.47 Å². The number of likely N-dealkylation sites (tertiary alicyclic amines) is 1. The van der Waals surface area contributed by atoms with Crippen LogP contribution in [0.1, 0.15) is 65.7 Å². The Morgan fingerprint density at radius 1 is 1.31 bits per heavy atom. The number of hydrogen-bond donors (Lipinski definition) is 1. The van der Waals surface area contributed by atoms with Crippen LogP contribution in [0.25, 0.3) is 0 Å². The maximum Gasteiger partial charge on any atom is 0.312 e. The Hall–Kier alpha value is -2.19. The third kappa shape index (κ3) is 4.99. The van der Waals surface area contributed by atoms with Gasteiger partial charge < -0.3 is 24.4 Å². The van der Waals surface area contributed by atoms with Gasteiger partial charge in [0.05, 0.1) is 37.2 Å². The molecule has 3 fully saturated rings. The number of allylic oxidation sites excluding steroid dienone is 1. The summed E-state index contributed by atoms with van der Waals surface area (Å²) in [4.78, 5) is 44.8. The predicted octanol–water partition coefficient (Wildman–Crippen LogP) is 3.09. The second-order valence-electron chi connectivity index (χ2n) is 10.5. The fourth-order valence-electron chi connectivity index (χ4n) is 6.28. The summed E-state index contributed by atoms with van der Waals surface area (Å²) in [6, 6.07) is -1.43. The highest BCUT2D eigenvalue weighted by molar-refractivity contribution is 5.98. The van der Waals surface area contributed by atoms with E-state index in [2.05, 4.69) is 20.1 Å². The summed E-state index contributed by atoms with van der Waals surface area (Å²) in [5.41, 5.74) is -1.09. The zero-order valence-corrected chi connectivity index (χ0v) is 22.2. The Kier molecular flexibility index (Phi) is 9.75. The van der Waals surface area contributed by atoms with E-state index >= 15 is 0 Å². The van der Waals surface area contributed by atoms with Crippen LogP contribution < -0.4 is 0 Å². The molecule has 0 aromatic rings. The molecule has 0 aromatic heterocycles. The molecule has 8 heteroatoms. The van der Waals surface area contributed by atoms with Crippen molar-refractivity contribution in [1.82, 2.24) is 9.80 Å². The first-order chi connectivity index (χ1) is 17.3. The maximum atomic E-state index is 14.2. The standard InChI is InChI=1S/C28H44N2O6/c1-6-10-12-17-35-27(34)22-21-13-14-28(36-21)23(22)25(32)30(20(18-31)19(5)9-4)24(28)26(33)29(15-8-3)16-11-7-2/h6,8,19-24,31H,1,3,7,9-18H2,2,4-5H3/t19-,20-,21+,22-,23-,24?,28?/m0/s1. The molecule has 0 aromatic carbocycles. The van der Waals surface area contributed by atoms with Gasteiger partial charge in [-0.3, -0.25) is 14.4 Å². The molecule has 1 N–H and O–H groups in total. The predicted molar refractivity (Wildman–Crippen MR) is 137 cm³/mol. The number of aliphatic hydroxyl groups is 1. The number of ether oxygens (including phenoxy) is 2. The van der Waals surface area contributed by atoms with Crippen LogP contribution in [0.2, 0.25) is 0 Å². The number of nitrogens with zero attached hydrogens (tertiary/aromatic N) is 2. The molecule has 2 bridgehead atoms. The minimum atomic E-state index is -1.09. The van der Waals surface area contributed by atoms with E-state index in [1.807, 2.05) is 13.8 Å². The van der Waals surface area contributed by atoms with Crippen LogP contribution in [0, 0.1) is 17.8 Å². The molecule has 8 nitrogen and oxygen atoms in total. The average Bonchev–Trinajstić information content (AvgIpc) is 3.52. The van der Waals surface area contributed by atoms with Crippen molar-refractivity contribution < 1.29 is 29.0 Å². The fourth-order valence-corrected chi connectivity index (χ4v) is 6.28. The zero-order valence-electron chi connectivity index (χ0n) is 22.2. The van der Waals surface area contributed by atoms with E-state index < -0.39 is 41.6 Å². The number of amides is 2. The van der Waals surface area contributed by atoms with Gasteiger partial charge in [-0.25, -0.2) is 0 Å². The highest BCUT2D eigenvalue weighted by atomic mass is 16.6. The van der Waals surface area contributed by atoms with Gasteiger partial charge in [-0.05, 0) is 38.0 Å². The van der Waals surface area contributed by atoms with E-state index in [0.29, 0.717) is 32.4 Å². The normalized spacial score (nSPS) is 30.1. The second-order valence-corrected chi connectivity index (χ2v) is 10.5. The first kappa shape index (κ1) is 28.4. The van der Waals surface area contributed by atoms with Gasteiger partial charge >= 0.3 is 5.97 Å². The molecule has 3 aliphatic rings. The van der Waals surface area contributed by atoms with Crippen molar-refractivity contribution in [3.8, 4) is 0 Å². The number of unbranched alkanes of at least 4 members (excludes halogenated alkanes) is 2.